The number of carboxylic acids is 1. The first-order valence-corrected chi connectivity index (χ1v) is 8.52. The summed E-state index contributed by atoms with van der Waals surface area (Å²) in [5.74, 6) is -2.75. The van der Waals surface area contributed by atoms with Crippen molar-refractivity contribution >= 4 is 28.9 Å². The van der Waals surface area contributed by atoms with Crippen LogP contribution >= 0.6 is 0 Å². The van der Waals surface area contributed by atoms with Crippen molar-refractivity contribution in [2.45, 2.75) is 13.1 Å². The number of carbonyl (C=O) groups excluding carboxylic acids is 1. The zero-order valence-corrected chi connectivity index (χ0v) is 15.0. The Morgan fingerprint density at radius 1 is 1.17 bits per heavy atom. The second kappa shape index (κ2) is 8.35. The smallest absolute Gasteiger partial charge is 0.323 e. The zero-order chi connectivity index (χ0) is 21.0. The molecular weight excluding hydrogens is 380 g/mol. The van der Waals surface area contributed by atoms with Crippen molar-refractivity contribution in [3.63, 3.8) is 0 Å². The lowest BCUT2D eigenvalue weighted by Gasteiger charge is -2.04. The number of fused-ring (bicyclic) bond motifs is 1. The molecule has 6 nitrogen and oxygen atoms in total. The molecule has 0 atom stereocenters. The van der Waals surface area contributed by atoms with Crippen molar-refractivity contribution in [3.05, 3.63) is 77.0 Å². The molecule has 0 aliphatic heterocycles. The lowest BCUT2D eigenvalue weighted by atomic mass is 10.1. The van der Waals surface area contributed by atoms with Crippen molar-refractivity contribution in [2.24, 2.45) is 0 Å². The van der Waals surface area contributed by atoms with E-state index in [1.807, 2.05) is 0 Å². The Balaban J connectivity index is 1.91. The second-order valence-electron chi connectivity index (χ2n) is 6.25. The first kappa shape index (κ1) is 19.8. The molecular formula is C21H15F2N3O3. The molecule has 3 aromatic rings. The maximum absolute atomic E-state index is 13.7. The summed E-state index contributed by atoms with van der Waals surface area (Å²) in [6.45, 7) is -0.339. The molecule has 1 amide bonds. The Morgan fingerprint density at radius 3 is 2.62 bits per heavy atom. The van der Waals surface area contributed by atoms with E-state index in [-0.39, 0.29) is 18.7 Å². The van der Waals surface area contributed by atoms with Gasteiger partial charge >= 0.3 is 5.97 Å². The molecule has 2 N–H and O–H groups in total. The summed E-state index contributed by atoms with van der Waals surface area (Å²) in [5, 5.41) is 21.3. The van der Waals surface area contributed by atoms with Crippen molar-refractivity contribution in [1.82, 2.24) is 9.88 Å². The van der Waals surface area contributed by atoms with Crippen molar-refractivity contribution < 1.29 is 23.5 Å². The highest BCUT2D eigenvalue weighted by Crippen LogP contribution is 2.25. The van der Waals surface area contributed by atoms with Crippen LogP contribution in [0.5, 0.6) is 0 Å². The van der Waals surface area contributed by atoms with Gasteiger partial charge in [0.05, 0.1) is 0 Å². The summed E-state index contributed by atoms with van der Waals surface area (Å²) in [6, 6.07) is 11.3. The molecule has 29 heavy (non-hydrogen) atoms. The summed E-state index contributed by atoms with van der Waals surface area (Å²) < 4.78 is 28.3. The summed E-state index contributed by atoms with van der Waals surface area (Å²) >= 11 is 0. The van der Waals surface area contributed by atoms with E-state index in [9.17, 15) is 23.6 Å². The van der Waals surface area contributed by atoms with Crippen LogP contribution in [0.2, 0.25) is 0 Å². The van der Waals surface area contributed by atoms with Gasteiger partial charge in [0.25, 0.3) is 5.91 Å². The Bertz CT molecular complexity index is 1180. The number of halogens is 2. The Labute approximate surface area is 164 Å². The number of nitrogens with zero attached hydrogens (tertiary/aromatic N) is 2. The molecule has 0 fully saturated rings. The minimum absolute atomic E-state index is 0.0189. The summed E-state index contributed by atoms with van der Waals surface area (Å²) in [7, 11) is 0. The van der Waals surface area contributed by atoms with Crippen LogP contribution < -0.4 is 5.32 Å². The molecule has 3 rings (SSSR count). The molecule has 0 aliphatic rings. The van der Waals surface area contributed by atoms with E-state index < -0.39 is 23.5 Å². The largest absolute Gasteiger partial charge is 0.480 e. The number of nitrogens with one attached hydrogen (secondary N) is 1. The van der Waals surface area contributed by atoms with E-state index in [0.29, 0.717) is 22.0 Å². The molecule has 0 radical (unpaired) electrons. The van der Waals surface area contributed by atoms with E-state index in [4.69, 9.17) is 5.11 Å². The number of carbonyl (C=O) groups is 2. The molecule has 0 saturated heterocycles. The molecule has 0 unspecified atom stereocenters. The minimum Gasteiger partial charge on any atom is -0.480 e. The van der Waals surface area contributed by atoms with Gasteiger partial charge in [0.2, 0.25) is 0 Å². The molecule has 2 aromatic carbocycles. The zero-order valence-electron chi connectivity index (χ0n) is 15.0. The van der Waals surface area contributed by atoms with Gasteiger partial charge in [-0.25, -0.2) is 8.78 Å². The van der Waals surface area contributed by atoms with Gasteiger partial charge in [0.1, 0.15) is 29.8 Å². The van der Waals surface area contributed by atoms with Gasteiger partial charge in [-0.1, -0.05) is 12.1 Å². The number of rotatable bonds is 6. The highest BCUT2D eigenvalue weighted by molar-refractivity contribution is 6.04. The third-order valence-electron chi connectivity index (χ3n) is 4.19. The van der Waals surface area contributed by atoms with Crippen LogP contribution in [0.1, 0.15) is 11.1 Å². The standard InChI is InChI=1S/C21H15F2N3O3/c22-16-3-1-2-13(6-16)10-25-21(29)14(9-24)7-15-11-26(12-20(27)28)19-5-4-17(23)8-18(15)19/h1-8,11H,10,12H2,(H,25,29)(H,27,28)/b14-7+. The van der Waals surface area contributed by atoms with Gasteiger partial charge in [-0.2, -0.15) is 5.26 Å². The number of benzene rings is 2. The molecule has 1 heterocycles. The predicted octanol–water partition coefficient (Wildman–Crippen LogP) is 3.23. The Morgan fingerprint density at radius 2 is 1.93 bits per heavy atom. The van der Waals surface area contributed by atoms with Crippen molar-refractivity contribution in [2.75, 3.05) is 0 Å². The maximum atomic E-state index is 13.7. The number of aromatic nitrogens is 1. The maximum Gasteiger partial charge on any atom is 0.323 e. The minimum atomic E-state index is -1.09. The van der Waals surface area contributed by atoms with E-state index in [1.165, 1.54) is 53.2 Å². The Kier molecular flexibility index (Phi) is 5.69. The first-order chi connectivity index (χ1) is 13.9. The van der Waals surface area contributed by atoms with E-state index in [0.717, 1.165) is 0 Å². The molecule has 146 valence electrons. The van der Waals surface area contributed by atoms with Crippen LogP contribution in [0.3, 0.4) is 0 Å². The lowest BCUT2D eigenvalue weighted by Crippen LogP contribution is -2.24. The number of amides is 1. The normalized spacial score (nSPS) is 11.3. The van der Waals surface area contributed by atoms with Crippen LogP contribution in [0.25, 0.3) is 17.0 Å². The molecule has 8 heteroatoms. The molecule has 0 aliphatic carbocycles. The number of carboxylic acid groups (broad SMARTS) is 1. The van der Waals surface area contributed by atoms with Crippen molar-refractivity contribution in [3.8, 4) is 6.07 Å². The summed E-state index contributed by atoms with van der Waals surface area (Å²) in [5.41, 5.74) is 1.06. The summed E-state index contributed by atoms with van der Waals surface area (Å²) in [6.07, 6.45) is 2.70. The Hall–Kier alpha value is -3.99. The van der Waals surface area contributed by atoms with E-state index in [1.54, 1.807) is 12.1 Å². The topological polar surface area (TPSA) is 95.1 Å². The van der Waals surface area contributed by atoms with Crippen LogP contribution in [0, 0.1) is 23.0 Å². The van der Waals surface area contributed by atoms with Gasteiger partial charge in [-0.05, 0) is 42.0 Å². The van der Waals surface area contributed by atoms with Gasteiger partial charge in [-0.15, -0.1) is 0 Å². The third-order valence-corrected chi connectivity index (χ3v) is 4.19. The quantitative estimate of drug-likeness (QED) is 0.495. The number of hydrogen-bond donors (Lipinski definition) is 2. The molecule has 0 spiro atoms. The predicted molar refractivity (Wildman–Crippen MR) is 101 cm³/mol. The summed E-state index contributed by atoms with van der Waals surface area (Å²) in [4.78, 5) is 23.4. The fourth-order valence-corrected chi connectivity index (χ4v) is 2.92. The van der Waals surface area contributed by atoms with Crippen LogP contribution in [0.4, 0.5) is 8.78 Å². The van der Waals surface area contributed by atoms with Gasteiger partial charge < -0.3 is 15.0 Å². The average Bonchev–Trinajstić information content (AvgIpc) is 3.00. The fraction of sp³-hybridized carbons (Fsp3) is 0.0952. The van der Waals surface area contributed by atoms with Crippen molar-refractivity contribution in [1.29, 1.82) is 5.26 Å². The van der Waals surface area contributed by atoms with Gasteiger partial charge in [0.15, 0.2) is 0 Å². The fourth-order valence-electron chi connectivity index (χ4n) is 2.92. The second-order valence-corrected chi connectivity index (χ2v) is 6.25. The molecule has 0 bridgehead atoms. The average molecular weight is 395 g/mol. The number of aliphatic carboxylic acids is 1. The molecule has 0 saturated carbocycles. The highest BCUT2D eigenvalue weighted by Gasteiger charge is 2.14. The first-order valence-electron chi connectivity index (χ1n) is 8.52. The lowest BCUT2D eigenvalue weighted by molar-refractivity contribution is -0.137. The van der Waals surface area contributed by atoms with E-state index in [2.05, 4.69) is 5.32 Å². The highest BCUT2D eigenvalue weighted by atomic mass is 19.1. The van der Waals surface area contributed by atoms with Crippen LogP contribution in [-0.2, 0) is 22.7 Å². The van der Waals surface area contributed by atoms with Crippen LogP contribution in [0.15, 0.2) is 54.2 Å². The number of nitriles is 1. The van der Waals surface area contributed by atoms with Gasteiger partial charge in [0, 0.05) is 29.2 Å². The number of hydrogen-bond acceptors (Lipinski definition) is 3. The van der Waals surface area contributed by atoms with Gasteiger partial charge in [-0.3, -0.25) is 9.59 Å². The molecule has 1 aromatic heterocycles. The van der Waals surface area contributed by atoms with E-state index >= 15 is 0 Å². The van der Waals surface area contributed by atoms with Crippen LogP contribution in [-0.4, -0.2) is 21.6 Å². The SMILES string of the molecule is N#C/C(=C\c1cn(CC(=O)O)c2ccc(F)cc12)C(=O)NCc1cccc(F)c1. The third kappa shape index (κ3) is 4.65. The monoisotopic (exact) mass is 395 g/mol.